The summed E-state index contributed by atoms with van der Waals surface area (Å²) in [5, 5.41) is 12.4. The Morgan fingerprint density at radius 1 is 1.03 bits per heavy atom. The van der Waals surface area contributed by atoms with Crippen molar-refractivity contribution in [3.63, 3.8) is 0 Å². The first-order valence-electron chi connectivity index (χ1n) is 9.93. The van der Waals surface area contributed by atoms with E-state index in [-0.39, 0.29) is 11.6 Å². The van der Waals surface area contributed by atoms with Gasteiger partial charge < -0.3 is 14.8 Å². The molecular weight excluding hydrogens is 388 g/mol. The minimum atomic E-state index is -0.429. The topological polar surface area (TPSA) is 71.3 Å². The van der Waals surface area contributed by atoms with Crippen molar-refractivity contribution in [3.05, 3.63) is 101 Å². The van der Waals surface area contributed by atoms with Gasteiger partial charge >= 0.3 is 0 Å². The molecule has 0 bridgehead atoms. The van der Waals surface area contributed by atoms with Crippen molar-refractivity contribution in [1.29, 1.82) is 5.26 Å². The normalized spacial score (nSPS) is 11.8. The lowest BCUT2D eigenvalue weighted by Gasteiger charge is -2.14. The average molecular weight is 412 g/mol. The van der Waals surface area contributed by atoms with E-state index in [4.69, 9.17) is 9.47 Å². The second-order valence-corrected chi connectivity index (χ2v) is 6.96. The molecule has 5 nitrogen and oxygen atoms in total. The Balaban J connectivity index is 1.76. The van der Waals surface area contributed by atoms with E-state index in [0.717, 1.165) is 11.1 Å². The van der Waals surface area contributed by atoms with Crippen LogP contribution in [-0.4, -0.2) is 13.0 Å². The Labute approximate surface area is 182 Å². The summed E-state index contributed by atoms with van der Waals surface area (Å²) in [7, 11) is 1.57. The fourth-order valence-corrected chi connectivity index (χ4v) is 3.05. The highest BCUT2D eigenvalue weighted by Gasteiger charge is 2.14. The Morgan fingerprint density at radius 3 is 2.35 bits per heavy atom. The Hall–Kier alpha value is -4.04. The Morgan fingerprint density at radius 2 is 1.71 bits per heavy atom. The summed E-state index contributed by atoms with van der Waals surface area (Å²) >= 11 is 0. The first-order valence-corrected chi connectivity index (χ1v) is 9.93. The van der Waals surface area contributed by atoms with Gasteiger partial charge in [0.2, 0.25) is 0 Å². The lowest BCUT2D eigenvalue weighted by Crippen LogP contribution is -2.27. The van der Waals surface area contributed by atoms with Crippen LogP contribution < -0.4 is 14.8 Å². The molecule has 0 spiro atoms. The minimum absolute atomic E-state index is 0.0157. The molecule has 0 heterocycles. The third-order valence-corrected chi connectivity index (χ3v) is 4.75. The van der Waals surface area contributed by atoms with Crippen LogP contribution in [0, 0.1) is 11.3 Å². The average Bonchev–Trinajstić information content (AvgIpc) is 2.82. The maximum absolute atomic E-state index is 12.6. The standard InChI is InChI=1S/C26H24N2O3/c1-19(22-11-7-4-8-12-22)28-26(29)23(17-27)15-21-13-14-24(30-2)25(16-21)31-18-20-9-5-3-6-10-20/h3-16,19H,18H2,1-2H3,(H,28,29)/b23-15+/t19-/m0/s1. The highest BCUT2D eigenvalue weighted by atomic mass is 16.5. The van der Waals surface area contributed by atoms with E-state index in [9.17, 15) is 10.1 Å². The molecule has 0 saturated carbocycles. The Bertz CT molecular complexity index is 1090. The van der Waals surface area contributed by atoms with Crippen LogP contribution in [0.25, 0.3) is 6.08 Å². The molecule has 156 valence electrons. The molecule has 0 aromatic heterocycles. The van der Waals surface area contributed by atoms with Crippen molar-refractivity contribution >= 4 is 12.0 Å². The van der Waals surface area contributed by atoms with Gasteiger partial charge in [-0.2, -0.15) is 5.26 Å². The van der Waals surface area contributed by atoms with E-state index in [1.807, 2.05) is 73.7 Å². The summed E-state index contributed by atoms with van der Waals surface area (Å²) < 4.78 is 11.3. The molecule has 1 atom stereocenters. The number of hydrogen-bond acceptors (Lipinski definition) is 4. The number of benzene rings is 3. The molecule has 0 radical (unpaired) electrons. The number of rotatable bonds is 8. The lowest BCUT2D eigenvalue weighted by atomic mass is 10.1. The number of carbonyl (C=O) groups is 1. The molecule has 3 rings (SSSR count). The van der Waals surface area contributed by atoms with E-state index in [0.29, 0.717) is 23.7 Å². The summed E-state index contributed by atoms with van der Waals surface area (Å²) in [5.41, 5.74) is 2.68. The van der Waals surface area contributed by atoms with E-state index < -0.39 is 5.91 Å². The predicted octanol–water partition coefficient (Wildman–Crippen LogP) is 5.06. The number of methoxy groups -OCH3 is 1. The van der Waals surface area contributed by atoms with Crippen LogP contribution >= 0.6 is 0 Å². The maximum Gasteiger partial charge on any atom is 0.262 e. The predicted molar refractivity (Wildman–Crippen MR) is 120 cm³/mol. The molecule has 1 N–H and O–H groups in total. The van der Waals surface area contributed by atoms with Crippen LogP contribution in [-0.2, 0) is 11.4 Å². The van der Waals surface area contributed by atoms with Gasteiger partial charge in [-0.15, -0.1) is 0 Å². The van der Waals surface area contributed by atoms with Crippen molar-refractivity contribution in [1.82, 2.24) is 5.32 Å². The number of amides is 1. The molecule has 0 aliphatic carbocycles. The smallest absolute Gasteiger partial charge is 0.262 e. The molecule has 0 unspecified atom stereocenters. The quantitative estimate of drug-likeness (QED) is 0.415. The Kier molecular flexibility index (Phi) is 7.45. The van der Waals surface area contributed by atoms with Gasteiger partial charge in [0, 0.05) is 0 Å². The van der Waals surface area contributed by atoms with E-state index in [2.05, 4.69) is 5.32 Å². The van der Waals surface area contributed by atoms with Crippen LogP contribution in [0.2, 0.25) is 0 Å². The summed E-state index contributed by atoms with van der Waals surface area (Å²) in [4.78, 5) is 12.6. The molecule has 31 heavy (non-hydrogen) atoms. The van der Waals surface area contributed by atoms with Gasteiger partial charge in [-0.1, -0.05) is 66.7 Å². The fourth-order valence-electron chi connectivity index (χ4n) is 3.05. The SMILES string of the molecule is COc1ccc(/C=C(\C#N)C(=O)N[C@@H](C)c2ccccc2)cc1OCc1ccccc1. The lowest BCUT2D eigenvalue weighted by molar-refractivity contribution is -0.117. The zero-order valence-corrected chi connectivity index (χ0v) is 17.5. The van der Waals surface area contributed by atoms with Crippen molar-refractivity contribution in [2.75, 3.05) is 7.11 Å². The van der Waals surface area contributed by atoms with Crippen LogP contribution in [0.5, 0.6) is 11.5 Å². The van der Waals surface area contributed by atoms with Gasteiger partial charge in [0.15, 0.2) is 11.5 Å². The second-order valence-electron chi connectivity index (χ2n) is 6.96. The van der Waals surface area contributed by atoms with Gasteiger partial charge in [-0.25, -0.2) is 0 Å². The van der Waals surface area contributed by atoms with E-state index in [1.54, 1.807) is 31.4 Å². The largest absolute Gasteiger partial charge is 0.493 e. The zero-order valence-electron chi connectivity index (χ0n) is 17.5. The molecule has 0 aliphatic rings. The van der Waals surface area contributed by atoms with Gasteiger partial charge in [-0.05, 0) is 41.8 Å². The van der Waals surface area contributed by atoms with Crippen molar-refractivity contribution in [2.45, 2.75) is 19.6 Å². The van der Waals surface area contributed by atoms with Crippen molar-refractivity contribution in [2.24, 2.45) is 0 Å². The molecule has 0 saturated heterocycles. The number of nitrogens with one attached hydrogen (secondary N) is 1. The fraction of sp³-hybridized carbons (Fsp3) is 0.154. The van der Waals surface area contributed by atoms with Gasteiger partial charge in [0.25, 0.3) is 5.91 Å². The summed E-state index contributed by atoms with van der Waals surface area (Å²) in [6, 6.07) is 26.5. The van der Waals surface area contributed by atoms with Crippen LogP contribution in [0.4, 0.5) is 0 Å². The summed E-state index contributed by atoms with van der Waals surface area (Å²) in [6.07, 6.45) is 1.54. The van der Waals surface area contributed by atoms with Crippen molar-refractivity contribution < 1.29 is 14.3 Å². The number of nitriles is 1. The summed E-state index contributed by atoms with van der Waals surface area (Å²) in [5.74, 6) is 0.686. The van der Waals surface area contributed by atoms with Crippen LogP contribution in [0.1, 0.15) is 29.7 Å². The zero-order chi connectivity index (χ0) is 22.1. The van der Waals surface area contributed by atoms with Gasteiger partial charge in [-0.3, -0.25) is 4.79 Å². The second kappa shape index (κ2) is 10.7. The molecular formula is C26H24N2O3. The first-order chi connectivity index (χ1) is 15.1. The van der Waals surface area contributed by atoms with E-state index in [1.165, 1.54) is 0 Å². The number of carbonyl (C=O) groups excluding carboxylic acids is 1. The third kappa shape index (κ3) is 5.97. The highest BCUT2D eigenvalue weighted by Crippen LogP contribution is 2.30. The monoisotopic (exact) mass is 412 g/mol. The number of hydrogen-bond donors (Lipinski definition) is 1. The molecule has 0 fully saturated rings. The number of nitrogens with zero attached hydrogens (tertiary/aromatic N) is 1. The third-order valence-electron chi connectivity index (χ3n) is 4.75. The molecule has 3 aromatic rings. The summed E-state index contributed by atoms with van der Waals surface area (Å²) in [6.45, 7) is 2.26. The molecule has 1 amide bonds. The van der Waals surface area contributed by atoms with Crippen LogP contribution in [0.15, 0.2) is 84.4 Å². The highest BCUT2D eigenvalue weighted by molar-refractivity contribution is 6.01. The van der Waals surface area contributed by atoms with E-state index >= 15 is 0 Å². The van der Waals surface area contributed by atoms with Gasteiger partial charge in [0.1, 0.15) is 18.2 Å². The minimum Gasteiger partial charge on any atom is -0.493 e. The molecule has 3 aromatic carbocycles. The maximum atomic E-state index is 12.6. The van der Waals surface area contributed by atoms with Gasteiger partial charge in [0.05, 0.1) is 13.2 Å². The number of ether oxygens (including phenoxy) is 2. The molecule has 5 heteroatoms. The first kappa shape index (κ1) is 21.7. The van der Waals surface area contributed by atoms with Crippen molar-refractivity contribution in [3.8, 4) is 17.6 Å². The molecule has 0 aliphatic heterocycles. The van der Waals surface area contributed by atoms with Crippen LogP contribution in [0.3, 0.4) is 0 Å².